The van der Waals surface area contributed by atoms with Crippen LogP contribution in [-0.4, -0.2) is 28.6 Å². The van der Waals surface area contributed by atoms with E-state index in [0.29, 0.717) is 30.9 Å². The van der Waals surface area contributed by atoms with E-state index < -0.39 is 4.92 Å². The summed E-state index contributed by atoms with van der Waals surface area (Å²) in [6.07, 6.45) is 3.92. The van der Waals surface area contributed by atoms with E-state index in [-0.39, 0.29) is 17.7 Å². The number of hydrogen-bond acceptors (Lipinski definition) is 4. The summed E-state index contributed by atoms with van der Waals surface area (Å²) in [6, 6.07) is 6.25. The average Bonchev–Trinajstić information content (AvgIpc) is 2.40. The van der Waals surface area contributed by atoms with Gasteiger partial charge in [0.05, 0.1) is 16.6 Å². The van der Waals surface area contributed by atoms with Gasteiger partial charge in [0.25, 0.3) is 5.69 Å². The van der Waals surface area contributed by atoms with E-state index in [1.807, 2.05) is 0 Å². The normalized spacial score (nSPS) is 21.4. The molecular weight excluding hydrogens is 260 g/mol. The second-order valence-electron chi connectivity index (χ2n) is 4.89. The van der Waals surface area contributed by atoms with Crippen LogP contribution in [0.5, 0.6) is 0 Å². The lowest BCUT2D eigenvalue weighted by molar-refractivity contribution is -0.385. The molecule has 0 unspecified atom stereocenters. The largest absolute Gasteiger partial charge is 0.393 e. The number of nitrogens with zero attached hydrogens (tertiary/aromatic N) is 1. The van der Waals surface area contributed by atoms with Gasteiger partial charge in [-0.3, -0.25) is 14.9 Å². The molecule has 6 nitrogen and oxygen atoms in total. The number of aliphatic hydroxyl groups is 1. The Hall–Kier alpha value is -2.21. The van der Waals surface area contributed by atoms with E-state index in [9.17, 15) is 14.9 Å². The van der Waals surface area contributed by atoms with Crippen LogP contribution in [0.2, 0.25) is 0 Å². The van der Waals surface area contributed by atoms with Crippen molar-refractivity contribution in [1.29, 1.82) is 0 Å². The minimum absolute atomic E-state index is 0.0290. The molecule has 1 amide bonds. The van der Waals surface area contributed by atoms with Crippen molar-refractivity contribution in [2.24, 2.45) is 5.92 Å². The van der Waals surface area contributed by atoms with E-state index in [0.717, 1.165) is 0 Å². The van der Waals surface area contributed by atoms with Gasteiger partial charge in [0.2, 0.25) is 5.91 Å². The molecule has 106 valence electrons. The molecule has 1 fully saturated rings. The van der Waals surface area contributed by atoms with Crippen LogP contribution in [0.1, 0.15) is 18.4 Å². The van der Waals surface area contributed by atoms with Crippen molar-refractivity contribution < 1.29 is 14.8 Å². The third-order valence-corrected chi connectivity index (χ3v) is 3.32. The Morgan fingerprint density at radius 1 is 1.45 bits per heavy atom. The average molecular weight is 276 g/mol. The summed E-state index contributed by atoms with van der Waals surface area (Å²) >= 11 is 0. The summed E-state index contributed by atoms with van der Waals surface area (Å²) in [4.78, 5) is 21.9. The standard InChI is InChI=1S/C14H16N2O4/c17-12-7-10(8-12)9-15-14(18)6-5-11-3-1-2-4-13(11)16(19)20/h1-6,10,12,17H,7-9H2,(H,15,18). The molecule has 0 heterocycles. The Morgan fingerprint density at radius 3 is 2.80 bits per heavy atom. The van der Waals surface area contributed by atoms with Crippen LogP contribution in [0.25, 0.3) is 6.08 Å². The van der Waals surface area contributed by atoms with Crippen molar-refractivity contribution in [3.63, 3.8) is 0 Å². The number of nitrogens with one attached hydrogen (secondary N) is 1. The molecule has 0 radical (unpaired) electrons. The molecule has 0 atom stereocenters. The lowest BCUT2D eigenvalue weighted by Crippen LogP contribution is -2.37. The fraction of sp³-hybridized carbons (Fsp3) is 0.357. The Kier molecular flexibility index (Phi) is 4.47. The van der Waals surface area contributed by atoms with Gasteiger partial charge in [-0.2, -0.15) is 0 Å². The van der Waals surface area contributed by atoms with Gasteiger partial charge in [0.1, 0.15) is 0 Å². The molecular formula is C14H16N2O4. The number of amides is 1. The SMILES string of the molecule is O=C(C=Cc1ccccc1[N+](=O)[O-])NCC1CC(O)C1. The summed E-state index contributed by atoms with van der Waals surface area (Å²) in [5.74, 6) is 0.0398. The number of carbonyl (C=O) groups is 1. The van der Waals surface area contributed by atoms with Gasteiger partial charge < -0.3 is 10.4 Å². The fourth-order valence-corrected chi connectivity index (χ4v) is 2.13. The van der Waals surface area contributed by atoms with Gasteiger partial charge in [0, 0.05) is 18.7 Å². The minimum atomic E-state index is -0.479. The van der Waals surface area contributed by atoms with E-state index in [4.69, 9.17) is 5.11 Å². The number of carbonyl (C=O) groups excluding carboxylic acids is 1. The fourth-order valence-electron chi connectivity index (χ4n) is 2.13. The smallest absolute Gasteiger partial charge is 0.276 e. The van der Waals surface area contributed by atoms with Crippen molar-refractivity contribution in [3.05, 3.63) is 46.0 Å². The van der Waals surface area contributed by atoms with Gasteiger partial charge in [-0.15, -0.1) is 0 Å². The number of para-hydroxylation sites is 1. The Labute approximate surface area is 116 Å². The van der Waals surface area contributed by atoms with Crippen LogP contribution < -0.4 is 5.32 Å². The van der Waals surface area contributed by atoms with Crippen molar-refractivity contribution in [2.45, 2.75) is 18.9 Å². The minimum Gasteiger partial charge on any atom is -0.393 e. The van der Waals surface area contributed by atoms with Crippen molar-refractivity contribution >= 4 is 17.7 Å². The molecule has 0 bridgehead atoms. The first kappa shape index (κ1) is 14.2. The van der Waals surface area contributed by atoms with Crippen molar-refractivity contribution in [2.75, 3.05) is 6.54 Å². The van der Waals surface area contributed by atoms with Crippen LogP contribution in [0.4, 0.5) is 5.69 Å². The van der Waals surface area contributed by atoms with Gasteiger partial charge in [-0.25, -0.2) is 0 Å². The van der Waals surface area contributed by atoms with Crippen LogP contribution in [0.3, 0.4) is 0 Å². The third kappa shape index (κ3) is 3.64. The summed E-state index contributed by atoms with van der Waals surface area (Å²) < 4.78 is 0. The number of benzene rings is 1. The first-order chi connectivity index (χ1) is 9.56. The molecule has 1 aromatic rings. The van der Waals surface area contributed by atoms with Gasteiger partial charge in [-0.05, 0) is 30.9 Å². The molecule has 0 spiro atoms. The maximum absolute atomic E-state index is 11.6. The van der Waals surface area contributed by atoms with E-state index in [2.05, 4.69) is 5.32 Å². The van der Waals surface area contributed by atoms with Crippen molar-refractivity contribution in [3.8, 4) is 0 Å². The molecule has 20 heavy (non-hydrogen) atoms. The molecule has 1 aromatic carbocycles. The predicted octanol–water partition coefficient (Wildman–Crippen LogP) is 1.50. The summed E-state index contributed by atoms with van der Waals surface area (Å²) in [7, 11) is 0. The molecule has 0 saturated heterocycles. The van der Waals surface area contributed by atoms with Gasteiger partial charge >= 0.3 is 0 Å². The highest BCUT2D eigenvalue weighted by atomic mass is 16.6. The highest BCUT2D eigenvalue weighted by Crippen LogP contribution is 2.26. The summed E-state index contributed by atoms with van der Waals surface area (Å²) in [6.45, 7) is 0.525. The number of rotatable bonds is 5. The van der Waals surface area contributed by atoms with Crippen LogP contribution in [0.15, 0.2) is 30.3 Å². The summed E-state index contributed by atoms with van der Waals surface area (Å²) in [5, 5.41) is 22.7. The van der Waals surface area contributed by atoms with E-state index in [1.165, 1.54) is 18.2 Å². The quantitative estimate of drug-likeness (QED) is 0.484. The maximum Gasteiger partial charge on any atom is 0.276 e. The van der Waals surface area contributed by atoms with Crippen LogP contribution in [-0.2, 0) is 4.79 Å². The second kappa shape index (κ2) is 6.29. The van der Waals surface area contributed by atoms with Crippen LogP contribution >= 0.6 is 0 Å². The molecule has 0 aliphatic heterocycles. The van der Waals surface area contributed by atoms with Crippen molar-refractivity contribution in [1.82, 2.24) is 5.32 Å². The Bertz CT molecular complexity index is 536. The number of nitro benzene ring substituents is 1. The molecule has 0 aromatic heterocycles. The van der Waals surface area contributed by atoms with Gasteiger partial charge in [-0.1, -0.05) is 12.1 Å². The molecule has 6 heteroatoms. The lowest BCUT2D eigenvalue weighted by atomic mass is 9.82. The van der Waals surface area contributed by atoms with Gasteiger partial charge in [0.15, 0.2) is 0 Å². The molecule has 2 rings (SSSR count). The monoisotopic (exact) mass is 276 g/mol. The lowest BCUT2D eigenvalue weighted by Gasteiger charge is -2.31. The predicted molar refractivity (Wildman–Crippen MR) is 73.9 cm³/mol. The molecule has 1 aliphatic rings. The summed E-state index contributed by atoms with van der Waals surface area (Å²) in [5.41, 5.74) is 0.366. The number of hydrogen-bond donors (Lipinski definition) is 2. The number of aliphatic hydroxyl groups excluding tert-OH is 1. The molecule has 1 aliphatic carbocycles. The highest BCUT2D eigenvalue weighted by Gasteiger charge is 2.26. The third-order valence-electron chi connectivity index (χ3n) is 3.32. The first-order valence-corrected chi connectivity index (χ1v) is 6.43. The maximum atomic E-state index is 11.6. The topological polar surface area (TPSA) is 92.5 Å². The molecule has 1 saturated carbocycles. The van der Waals surface area contributed by atoms with E-state index in [1.54, 1.807) is 18.2 Å². The second-order valence-corrected chi connectivity index (χ2v) is 4.89. The number of nitro groups is 1. The molecule has 2 N–H and O–H groups in total. The first-order valence-electron chi connectivity index (χ1n) is 6.43. The van der Waals surface area contributed by atoms with Crippen LogP contribution in [0, 0.1) is 16.0 Å². The highest BCUT2D eigenvalue weighted by molar-refractivity contribution is 5.92. The Morgan fingerprint density at radius 2 is 2.15 bits per heavy atom. The zero-order chi connectivity index (χ0) is 14.5. The van der Waals surface area contributed by atoms with E-state index >= 15 is 0 Å². The zero-order valence-corrected chi connectivity index (χ0v) is 10.9. The zero-order valence-electron chi connectivity index (χ0n) is 10.9. The Balaban J connectivity index is 1.88.